The van der Waals surface area contributed by atoms with E-state index in [1.807, 2.05) is 32.0 Å². The first-order valence-electron chi connectivity index (χ1n) is 9.69. The number of carbonyl (C=O) groups is 2. The lowest BCUT2D eigenvalue weighted by Gasteiger charge is -2.41. The molecule has 0 amide bonds. The van der Waals surface area contributed by atoms with Crippen LogP contribution in [0.25, 0.3) is 0 Å². The Kier molecular flexibility index (Phi) is 5.63. The van der Waals surface area contributed by atoms with Crippen molar-refractivity contribution in [2.45, 2.75) is 76.2 Å². The number of carbonyl (C=O) groups excluding carboxylic acids is 2. The van der Waals surface area contributed by atoms with E-state index in [2.05, 4.69) is 6.07 Å². The second-order valence-corrected chi connectivity index (χ2v) is 8.86. The molecule has 1 aliphatic carbocycles. The normalized spacial score (nSPS) is 23.9. The summed E-state index contributed by atoms with van der Waals surface area (Å²) in [7, 11) is 0. The van der Waals surface area contributed by atoms with Gasteiger partial charge in [-0.25, -0.2) is 0 Å². The lowest BCUT2D eigenvalue weighted by Crippen LogP contribution is -2.48. The number of ketones is 1. The molecule has 0 aromatic heterocycles. The van der Waals surface area contributed by atoms with Gasteiger partial charge in [0.2, 0.25) is 0 Å². The molecular formula is C22H26ClNO3. The van der Waals surface area contributed by atoms with Crippen LogP contribution in [0.3, 0.4) is 0 Å². The molecule has 2 aliphatic rings. The Balaban J connectivity index is 1.81. The van der Waals surface area contributed by atoms with Crippen molar-refractivity contribution in [3.05, 3.63) is 34.3 Å². The number of nitriles is 1. The largest absolute Gasteiger partial charge is 0.458 e. The number of benzene rings is 1. The first-order chi connectivity index (χ1) is 12.8. The van der Waals surface area contributed by atoms with Crippen LogP contribution < -0.4 is 0 Å². The van der Waals surface area contributed by atoms with Crippen molar-refractivity contribution < 1.29 is 14.3 Å². The van der Waals surface area contributed by atoms with Gasteiger partial charge in [0.25, 0.3) is 0 Å². The quantitative estimate of drug-likeness (QED) is 0.531. The Hall–Kier alpha value is -1.86. The highest BCUT2D eigenvalue weighted by atomic mass is 35.5. The standard InChI is InChI=1S/C22H26ClNO3/c1-21(2,14-24)17-8-7-15(19(23)11-17)9-10-22(16-5-3-4-6-16)13-18(25)12-20(26)27-22/h7-8,11,16H,3-6,9-10,12-13H2,1-2H3. The highest BCUT2D eigenvalue weighted by Crippen LogP contribution is 2.44. The average molecular weight is 388 g/mol. The van der Waals surface area contributed by atoms with Gasteiger partial charge in [0.1, 0.15) is 17.8 Å². The highest BCUT2D eigenvalue weighted by Gasteiger charge is 2.47. The van der Waals surface area contributed by atoms with Gasteiger partial charge >= 0.3 is 5.97 Å². The monoisotopic (exact) mass is 387 g/mol. The summed E-state index contributed by atoms with van der Waals surface area (Å²) in [6.07, 6.45) is 5.72. The predicted molar refractivity (Wildman–Crippen MR) is 103 cm³/mol. The van der Waals surface area contributed by atoms with Crippen LogP contribution >= 0.6 is 11.6 Å². The van der Waals surface area contributed by atoms with Gasteiger partial charge in [0.05, 0.1) is 11.5 Å². The highest BCUT2D eigenvalue weighted by molar-refractivity contribution is 6.31. The van der Waals surface area contributed by atoms with E-state index in [0.717, 1.165) is 36.8 Å². The third kappa shape index (κ3) is 4.19. The Morgan fingerprint density at radius 3 is 2.59 bits per heavy atom. The average Bonchev–Trinajstić information content (AvgIpc) is 3.15. The summed E-state index contributed by atoms with van der Waals surface area (Å²) >= 11 is 6.49. The van der Waals surface area contributed by atoms with Gasteiger partial charge in [-0.15, -0.1) is 0 Å². The van der Waals surface area contributed by atoms with E-state index in [1.54, 1.807) is 0 Å². The maximum atomic E-state index is 12.2. The second-order valence-electron chi connectivity index (χ2n) is 8.46. The van der Waals surface area contributed by atoms with Gasteiger partial charge in [-0.1, -0.05) is 36.6 Å². The first-order valence-corrected chi connectivity index (χ1v) is 10.1. The molecule has 1 atom stereocenters. The van der Waals surface area contributed by atoms with Crippen molar-refractivity contribution in [1.29, 1.82) is 5.26 Å². The zero-order valence-corrected chi connectivity index (χ0v) is 16.8. The number of hydrogen-bond donors (Lipinski definition) is 0. The maximum Gasteiger partial charge on any atom is 0.313 e. The topological polar surface area (TPSA) is 67.2 Å². The minimum atomic E-state index is -0.684. The zero-order chi connectivity index (χ0) is 19.7. The molecule has 1 aliphatic heterocycles. The number of nitrogens with zero attached hydrogens (tertiary/aromatic N) is 1. The Morgan fingerprint density at radius 2 is 2.00 bits per heavy atom. The number of hydrogen-bond acceptors (Lipinski definition) is 4. The lowest BCUT2D eigenvalue weighted by atomic mass is 9.76. The van der Waals surface area contributed by atoms with E-state index in [9.17, 15) is 14.9 Å². The van der Waals surface area contributed by atoms with Gasteiger partial charge in [-0.2, -0.15) is 5.26 Å². The number of esters is 1. The number of aryl methyl sites for hydroxylation is 1. The van der Waals surface area contributed by atoms with Crippen molar-refractivity contribution in [2.24, 2.45) is 5.92 Å². The zero-order valence-electron chi connectivity index (χ0n) is 16.0. The summed E-state index contributed by atoms with van der Waals surface area (Å²) < 4.78 is 5.84. The van der Waals surface area contributed by atoms with Crippen molar-refractivity contribution in [3.8, 4) is 6.07 Å². The van der Waals surface area contributed by atoms with Gasteiger partial charge in [-0.05, 0) is 62.6 Å². The molecule has 4 nitrogen and oxygen atoms in total. The first kappa shape index (κ1) is 19.9. The summed E-state index contributed by atoms with van der Waals surface area (Å²) in [5, 5.41) is 9.93. The molecule has 1 saturated heterocycles. The molecule has 1 heterocycles. The van der Waals surface area contributed by atoms with Gasteiger partial charge < -0.3 is 4.74 Å². The Labute approximate surface area is 165 Å². The molecule has 1 saturated carbocycles. The molecule has 27 heavy (non-hydrogen) atoms. The number of rotatable bonds is 5. The third-order valence-electron chi connectivity index (χ3n) is 6.13. The van der Waals surface area contributed by atoms with Crippen molar-refractivity contribution in [3.63, 3.8) is 0 Å². The van der Waals surface area contributed by atoms with E-state index < -0.39 is 17.0 Å². The van der Waals surface area contributed by atoms with E-state index >= 15 is 0 Å². The molecule has 3 rings (SSSR count). The van der Waals surface area contributed by atoms with E-state index in [-0.39, 0.29) is 18.1 Å². The second kappa shape index (κ2) is 7.64. The minimum Gasteiger partial charge on any atom is -0.458 e. The van der Waals surface area contributed by atoms with E-state index in [1.165, 1.54) is 0 Å². The molecule has 0 radical (unpaired) electrons. The Bertz CT molecular complexity index is 771. The predicted octanol–water partition coefficient (Wildman–Crippen LogP) is 4.91. The minimum absolute atomic E-state index is 0.0182. The van der Waals surface area contributed by atoms with Gasteiger partial charge in [-0.3, -0.25) is 9.59 Å². The summed E-state index contributed by atoms with van der Waals surface area (Å²) in [5.74, 6) is -0.160. The number of halogens is 1. The van der Waals surface area contributed by atoms with Crippen molar-refractivity contribution in [2.75, 3.05) is 0 Å². The molecule has 1 aromatic rings. The molecular weight excluding hydrogens is 362 g/mol. The van der Waals surface area contributed by atoms with Crippen LogP contribution in [0, 0.1) is 17.2 Å². The molecule has 0 N–H and O–H groups in total. The third-order valence-corrected chi connectivity index (χ3v) is 6.48. The van der Waals surface area contributed by atoms with Crippen LogP contribution in [-0.2, 0) is 26.2 Å². The SMILES string of the molecule is CC(C)(C#N)c1ccc(CCC2(C3CCCC3)CC(=O)CC(=O)O2)c(Cl)c1. The van der Waals surface area contributed by atoms with Crippen LogP contribution in [0.2, 0.25) is 5.02 Å². The van der Waals surface area contributed by atoms with Gasteiger partial charge in [0.15, 0.2) is 0 Å². The number of ether oxygens (including phenoxy) is 1. The molecule has 0 bridgehead atoms. The van der Waals surface area contributed by atoms with E-state index in [0.29, 0.717) is 24.3 Å². The maximum absolute atomic E-state index is 12.2. The molecule has 0 spiro atoms. The van der Waals surface area contributed by atoms with Crippen molar-refractivity contribution >= 4 is 23.4 Å². The Morgan fingerprint density at radius 1 is 1.30 bits per heavy atom. The van der Waals surface area contributed by atoms with Crippen LogP contribution in [0.15, 0.2) is 18.2 Å². The molecule has 1 aromatic carbocycles. The fraction of sp³-hybridized carbons (Fsp3) is 0.591. The molecule has 2 fully saturated rings. The number of cyclic esters (lactones) is 1. The smallest absolute Gasteiger partial charge is 0.313 e. The van der Waals surface area contributed by atoms with Gasteiger partial charge in [0, 0.05) is 11.4 Å². The fourth-order valence-corrected chi connectivity index (χ4v) is 4.70. The summed E-state index contributed by atoms with van der Waals surface area (Å²) in [5.41, 5.74) is 0.555. The van der Waals surface area contributed by atoms with Crippen LogP contribution in [-0.4, -0.2) is 17.4 Å². The van der Waals surface area contributed by atoms with E-state index in [4.69, 9.17) is 16.3 Å². The van der Waals surface area contributed by atoms with Crippen LogP contribution in [0.4, 0.5) is 0 Å². The van der Waals surface area contributed by atoms with Crippen molar-refractivity contribution in [1.82, 2.24) is 0 Å². The molecule has 144 valence electrons. The summed E-state index contributed by atoms with van der Waals surface area (Å²) in [6.45, 7) is 3.72. The fourth-order valence-electron chi connectivity index (χ4n) is 4.43. The van der Waals surface area contributed by atoms with Crippen LogP contribution in [0.5, 0.6) is 0 Å². The molecule has 1 unspecified atom stereocenters. The summed E-state index contributed by atoms with van der Waals surface area (Å²) in [4.78, 5) is 24.2. The lowest BCUT2D eigenvalue weighted by molar-refractivity contribution is -0.178. The summed E-state index contributed by atoms with van der Waals surface area (Å²) in [6, 6.07) is 8.02. The van der Waals surface area contributed by atoms with Crippen LogP contribution in [0.1, 0.15) is 69.9 Å². The number of Topliss-reactive ketones (excluding diaryl/α,β-unsaturated/α-hetero) is 1. The molecule has 5 heteroatoms.